The lowest BCUT2D eigenvalue weighted by Crippen LogP contribution is -2.34. The molecule has 0 bridgehead atoms. The van der Waals surface area contributed by atoms with E-state index in [0.717, 1.165) is 22.0 Å². The van der Waals surface area contributed by atoms with Gasteiger partial charge >= 0.3 is 0 Å². The average molecular weight is 486 g/mol. The van der Waals surface area contributed by atoms with Crippen molar-refractivity contribution in [3.63, 3.8) is 0 Å². The van der Waals surface area contributed by atoms with Crippen LogP contribution in [-0.4, -0.2) is 43.1 Å². The third kappa shape index (κ3) is 5.86. The lowest BCUT2D eigenvalue weighted by atomic mass is 9.91. The van der Waals surface area contributed by atoms with E-state index in [2.05, 4.69) is 33.8 Å². The molecule has 0 aliphatic heterocycles. The summed E-state index contributed by atoms with van der Waals surface area (Å²) in [5, 5.41) is 6.98. The molecule has 1 heterocycles. The quantitative estimate of drug-likeness (QED) is 0.305. The van der Waals surface area contributed by atoms with Gasteiger partial charge in [0.05, 0.1) is 7.11 Å². The van der Waals surface area contributed by atoms with E-state index in [-0.39, 0.29) is 30.4 Å². The van der Waals surface area contributed by atoms with Crippen LogP contribution in [0.25, 0.3) is 10.9 Å². The molecule has 0 radical (unpaired) electrons. The van der Waals surface area contributed by atoms with Crippen molar-refractivity contribution < 1.29 is 19.1 Å². The highest BCUT2D eigenvalue weighted by Gasteiger charge is 2.20. The zero-order chi connectivity index (χ0) is 25.5. The molecule has 4 aromatic rings. The van der Waals surface area contributed by atoms with Gasteiger partial charge in [0, 0.05) is 41.2 Å². The number of aromatic nitrogens is 1. The van der Waals surface area contributed by atoms with Crippen LogP contribution in [0.4, 0.5) is 0 Å². The number of hydrogen-bond acceptors (Lipinski definition) is 4. The van der Waals surface area contributed by atoms with Gasteiger partial charge in [0.15, 0.2) is 18.1 Å². The molecule has 0 saturated carbocycles. The molecule has 1 unspecified atom stereocenters. The standard InChI is InChI=1S/C29H31N3O4/c1-19(2)32-28(33)18-36-26-14-13-21(15-27(26)35-3)29(34)31-16-23(20-9-5-4-6-10-20)24-17-30-25-12-8-7-11-22(24)25/h4-15,17,19,23,30H,16,18H2,1-3H3,(H,31,34)(H,32,33). The Bertz CT molecular complexity index is 1330. The van der Waals surface area contributed by atoms with E-state index in [9.17, 15) is 9.59 Å². The molecule has 186 valence electrons. The number of benzene rings is 3. The van der Waals surface area contributed by atoms with Gasteiger partial charge in [-0.15, -0.1) is 0 Å². The summed E-state index contributed by atoms with van der Waals surface area (Å²) in [6.45, 7) is 4.05. The molecule has 0 fully saturated rings. The van der Waals surface area contributed by atoms with Gasteiger partial charge in [0.2, 0.25) is 0 Å². The average Bonchev–Trinajstić information content (AvgIpc) is 3.31. The van der Waals surface area contributed by atoms with Crippen molar-refractivity contribution in [1.29, 1.82) is 0 Å². The predicted molar refractivity (Wildman–Crippen MR) is 141 cm³/mol. The zero-order valence-electron chi connectivity index (χ0n) is 20.7. The number of carbonyl (C=O) groups is 2. The van der Waals surface area contributed by atoms with Crippen molar-refractivity contribution in [2.24, 2.45) is 0 Å². The monoisotopic (exact) mass is 485 g/mol. The number of amides is 2. The number of ether oxygens (including phenoxy) is 2. The fourth-order valence-corrected chi connectivity index (χ4v) is 4.21. The fourth-order valence-electron chi connectivity index (χ4n) is 4.21. The second-order valence-electron chi connectivity index (χ2n) is 8.84. The minimum absolute atomic E-state index is 0.0260. The third-order valence-electron chi connectivity index (χ3n) is 5.90. The Kier molecular flexibility index (Phi) is 7.90. The summed E-state index contributed by atoms with van der Waals surface area (Å²) in [4.78, 5) is 28.3. The van der Waals surface area contributed by atoms with Gasteiger partial charge in [-0.25, -0.2) is 0 Å². The molecular weight excluding hydrogens is 454 g/mol. The van der Waals surface area contributed by atoms with E-state index >= 15 is 0 Å². The summed E-state index contributed by atoms with van der Waals surface area (Å²) in [7, 11) is 1.50. The number of carbonyl (C=O) groups excluding carboxylic acids is 2. The Morgan fingerprint density at radius 1 is 0.944 bits per heavy atom. The lowest BCUT2D eigenvalue weighted by molar-refractivity contribution is -0.123. The fraction of sp³-hybridized carbons (Fsp3) is 0.241. The van der Waals surface area contributed by atoms with Crippen LogP contribution in [-0.2, 0) is 4.79 Å². The van der Waals surface area contributed by atoms with E-state index in [1.807, 2.05) is 56.4 Å². The number of para-hydroxylation sites is 1. The van der Waals surface area contributed by atoms with Gasteiger partial charge < -0.3 is 25.1 Å². The number of nitrogens with one attached hydrogen (secondary N) is 3. The zero-order valence-corrected chi connectivity index (χ0v) is 20.7. The van der Waals surface area contributed by atoms with Crippen LogP contribution < -0.4 is 20.1 Å². The van der Waals surface area contributed by atoms with Crippen LogP contribution in [0.1, 0.15) is 41.3 Å². The summed E-state index contributed by atoms with van der Waals surface area (Å²) in [6, 6.07) is 23.2. The van der Waals surface area contributed by atoms with Gasteiger partial charge in [-0.2, -0.15) is 0 Å². The first-order valence-corrected chi connectivity index (χ1v) is 12.0. The Labute approximate surface area is 210 Å². The number of aromatic amines is 1. The van der Waals surface area contributed by atoms with E-state index in [0.29, 0.717) is 23.6 Å². The SMILES string of the molecule is COc1cc(C(=O)NCC(c2ccccc2)c2c[nH]c3ccccc23)ccc1OCC(=O)NC(C)C. The van der Waals surface area contributed by atoms with Crippen LogP contribution in [0.3, 0.4) is 0 Å². The molecule has 36 heavy (non-hydrogen) atoms. The van der Waals surface area contributed by atoms with E-state index < -0.39 is 0 Å². The van der Waals surface area contributed by atoms with Gasteiger partial charge in [-0.1, -0.05) is 48.5 Å². The van der Waals surface area contributed by atoms with Crippen LogP contribution >= 0.6 is 0 Å². The molecular formula is C29H31N3O4. The van der Waals surface area contributed by atoms with Crippen molar-refractivity contribution >= 4 is 22.7 Å². The van der Waals surface area contributed by atoms with Crippen molar-refractivity contribution in [3.05, 3.63) is 95.7 Å². The van der Waals surface area contributed by atoms with Gasteiger partial charge in [0.1, 0.15) is 0 Å². The molecule has 0 saturated heterocycles. The third-order valence-corrected chi connectivity index (χ3v) is 5.90. The van der Waals surface area contributed by atoms with Crippen LogP contribution in [0.2, 0.25) is 0 Å². The molecule has 2 amide bonds. The van der Waals surface area contributed by atoms with Crippen molar-refractivity contribution in [1.82, 2.24) is 15.6 Å². The summed E-state index contributed by atoms with van der Waals surface area (Å²) in [5.41, 5.74) is 3.74. The molecule has 7 heteroatoms. The normalized spacial score (nSPS) is 11.8. The number of methoxy groups -OCH3 is 1. The summed E-state index contributed by atoms with van der Waals surface area (Å²) in [5.74, 6) is 0.302. The molecule has 4 rings (SSSR count). The highest BCUT2D eigenvalue weighted by Crippen LogP contribution is 2.31. The molecule has 0 aliphatic carbocycles. The Morgan fingerprint density at radius 2 is 1.69 bits per heavy atom. The number of fused-ring (bicyclic) bond motifs is 1. The summed E-state index contributed by atoms with van der Waals surface area (Å²) >= 11 is 0. The van der Waals surface area contributed by atoms with E-state index in [1.54, 1.807) is 18.2 Å². The first-order chi connectivity index (χ1) is 17.5. The number of H-pyrrole nitrogens is 1. The van der Waals surface area contributed by atoms with Crippen molar-refractivity contribution in [3.8, 4) is 11.5 Å². The van der Waals surface area contributed by atoms with E-state index in [1.165, 1.54) is 7.11 Å². The lowest BCUT2D eigenvalue weighted by Gasteiger charge is -2.19. The first-order valence-electron chi connectivity index (χ1n) is 12.0. The topological polar surface area (TPSA) is 92.4 Å². The second-order valence-corrected chi connectivity index (χ2v) is 8.84. The maximum Gasteiger partial charge on any atom is 0.258 e. The predicted octanol–water partition coefficient (Wildman–Crippen LogP) is 4.64. The van der Waals surface area contributed by atoms with Gasteiger partial charge in [-0.3, -0.25) is 9.59 Å². The number of rotatable bonds is 10. The molecule has 3 aromatic carbocycles. The molecule has 0 aliphatic rings. The molecule has 0 spiro atoms. The van der Waals surface area contributed by atoms with Gasteiger partial charge in [-0.05, 0) is 49.2 Å². The summed E-state index contributed by atoms with van der Waals surface area (Å²) < 4.78 is 11.0. The maximum atomic E-state index is 13.1. The van der Waals surface area contributed by atoms with Crippen molar-refractivity contribution in [2.45, 2.75) is 25.8 Å². The van der Waals surface area contributed by atoms with Crippen LogP contribution in [0.5, 0.6) is 11.5 Å². The number of hydrogen-bond donors (Lipinski definition) is 3. The largest absolute Gasteiger partial charge is 0.493 e. The molecule has 7 nitrogen and oxygen atoms in total. The Morgan fingerprint density at radius 3 is 2.44 bits per heavy atom. The Balaban J connectivity index is 1.50. The highest BCUT2D eigenvalue weighted by molar-refractivity contribution is 5.95. The minimum Gasteiger partial charge on any atom is -0.493 e. The molecule has 3 N–H and O–H groups in total. The highest BCUT2D eigenvalue weighted by atomic mass is 16.5. The Hall–Kier alpha value is -4.26. The summed E-state index contributed by atoms with van der Waals surface area (Å²) in [6.07, 6.45) is 2.01. The van der Waals surface area contributed by atoms with Crippen LogP contribution in [0, 0.1) is 0 Å². The van der Waals surface area contributed by atoms with Crippen LogP contribution in [0.15, 0.2) is 79.0 Å². The molecule has 1 aromatic heterocycles. The molecule has 1 atom stereocenters. The maximum absolute atomic E-state index is 13.1. The van der Waals surface area contributed by atoms with Crippen molar-refractivity contribution in [2.75, 3.05) is 20.3 Å². The first kappa shape index (κ1) is 24.9. The van der Waals surface area contributed by atoms with E-state index in [4.69, 9.17) is 9.47 Å². The smallest absolute Gasteiger partial charge is 0.258 e. The minimum atomic E-state index is -0.224. The van der Waals surface area contributed by atoms with Gasteiger partial charge in [0.25, 0.3) is 11.8 Å². The second kappa shape index (κ2) is 11.4.